The van der Waals surface area contributed by atoms with E-state index in [2.05, 4.69) is 36.5 Å². The first-order valence-corrected chi connectivity index (χ1v) is 8.20. The summed E-state index contributed by atoms with van der Waals surface area (Å²) in [4.78, 5) is 12.5. The third-order valence-electron chi connectivity index (χ3n) is 5.23. The van der Waals surface area contributed by atoms with Crippen LogP contribution in [-0.4, -0.2) is 31.1 Å². The molecule has 3 rings (SSSR count). The average Bonchev–Trinajstić information content (AvgIpc) is 2.56. The Bertz CT molecular complexity index is 487. The van der Waals surface area contributed by atoms with E-state index in [9.17, 15) is 4.79 Å². The largest absolute Gasteiger partial charge is 0.374 e. The van der Waals surface area contributed by atoms with Crippen molar-refractivity contribution in [1.29, 1.82) is 0 Å². The van der Waals surface area contributed by atoms with Crippen LogP contribution in [0.1, 0.15) is 44.1 Å². The normalized spacial score (nSPS) is 33.9. The van der Waals surface area contributed by atoms with E-state index in [4.69, 9.17) is 4.74 Å². The first-order valence-electron chi connectivity index (χ1n) is 8.20. The second-order valence-electron chi connectivity index (χ2n) is 6.24. The lowest BCUT2D eigenvalue weighted by molar-refractivity contribution is -0.157. The molecule has 1 aromatic carbocycles. The van der Waals surface area contributed by atoms with Crippen LogP contribution in [0.5, 0.6) is 0 Å². The van der Waals surface area contributed by atoms with Crippen molar-refractivity contribution in [3.63, 3.8) is 0 Å². The van der Waals surface area contributed by atoms with Gasteiger partial charge in [-0.05, 0) is 24.8 Å². The number of Topliss-reactive ketones (excluding diaryl/α,β-unsaturated/α-hetero) is 1. The van der Waals surface area contributed by atoms with Crippen molar-refractivity contribution in [1.82, 2.24) is 5.32 Å². The van der Waals surface area contributed by atoms with Crippen molar-refractivity contribution in [2.45, 2.75) is 44.1 Å². The summed E-state index contributed by atoms with van der Waals surface area (Å²) in [7, 11) is 0. The second kappa shape index (κ2) is 6.29. The summed E-state index contributed by atoms with van der Waals surface area (Å²) in [5.74, 6) is 0.687. The van der Waals surface area contributed by atoms with Crippen LogP contribution in [0.15, 0.2) is 30.3 Å². The van der Waals surface area contributed by atoms with Gasteiger partial charge in [-0.15, -0.1) is 0 Å². The maximum absolute atomic E-state index is 12.5. The number of benzene rings is 1. The molecule has 0 spiro atoms. The molecule has 2 fully saturated rings. The SMILES string of the molecule is CCC1(C2CNCCC2=O)OCCCC1c1ccccc1. The zero-order valence-electron chi connectivity index (χ0n) is 12.8. The van der Waals surface area contributed by atoms with Crippen molar-refractivity contribution < 1.29 is 9.53 Å². The number of hydrogen-bond acceptors (Lipinski definition) is 3. The zero-order valence-corrected chi connectivity index (χ0v) is 12.8. The molecule has 0 saturated carbocycles. The number of carbonyl (C=O) groups is 1. The minimum atomic E-state index is -0.329. The lowest BCUT2D eigenvalue weighted by Crippen LogP contribution is -2.56. The van der Waals surface area contributed by atoms with Crippen LogP contribution in [-0.2, 0) is 9.53 Å². The number of carbonyl (C=O) groups excluding carboxylic acids is 1. The van der Waals surface area contributed by atoms with Crippen LogP contribution in [0.2, 0.25) is 0 Å². The highest BCUT2D eigenvalue weighted by molar-refractivity contribution is 5.83. The number of rotatable bonds is 3. The second-order valence-corrected chi connectivity index (χ2v) is 6.24. The van der Waals surface area contributed by atoms with E-state index in [-0.39, 0.29) is 11.5 Å². The maximum Gasteiger partial charge on any atom is 0.141 e. The van der Waals surface area contributed by atoms with Gasteiger partial charge in [0.2, 0.25) is 0 Å². The standard InChI is InChI=1S/C18H25NO2/c1-2-18(16-13-19-11-10-17(16)20)15(9-6-12-21-18)14-7-4-3-5-8-14/h3-5,7-8,15-16,19H,2,6,9-13H2,1H3. The van der Waals surface area contributed by atoms with Gasteiger partial charge in [0.15, 0.2) is 0 Å². The van der Waals surface area contributed by atoms with Crippen molar-refractivity contribution in [2.75, 3.05) is 19.7 Å². The number of ether oxygens (including phenoxy) is 1. The van der Waals surface area contributed by atoms with Gasteiger partial charge >= 0.3 is 0 Å². The van der Waals surface area contributed by atoms with E-state index in [1.807, 2.05) is 6.07 Å². The predicted octanol–water partition coefficient (Wildman–Crippen LogP) is 2.91. The van der Waals surface area contributed by atoms with Gasteiger partial charge in [-0.1, -0.05) is 37.3 Å². The number of hydrogen-bond donors (Lipinski definition) is 1. The molecule has 114 valence electrons. The number of nitrogens with one attached hydrogen (secondary N) is 1. The molecule has 0 aliphatic carbocycles. The van der Waals surface area contributed by atoms with Gasteiger partial charge < -0.3 is 10.1 Å². The Morgan fingerprint density at radius 1 is 1.29 bits per heavy atom. The molecule has 2 aliphatic heterocycles. The Kier molecular flexibility index (Phi) is 4.41. The van der Waals surface area contributed by atoms with E-state index < -0.39 is 0 Å². The van der Waals surface area contributed by atoms with Crippen LogP contribution >= 0.6 is 0 Å². The molecule has 2 heterocycles. The third-order valence-corrected chi connectivity index (χ3v) is 5.23. The Labute approximate surface area is 127 Å². The molecule has 3 atom stereocenters. The smallest absolute Gasteiger partial charge is 0.141 e. The lowest BCUT2D eigenvalue weighted by Gasteiger charge is -2.49. The molecule has 1 N–H and O–H groups in total. The van der Waals surface area contributed by atoms with Crippen LogP contribution in [0.3, 0.4) is 0 Å². The Morgan fingerprint density at radius 2 is 2.10 bits per heavy atom. The van der Waals surface area contributed by atoms with E-state index in [1.54, 1.807) is 0 Å². The number of ketones is 1. The van der Waals surface area contributed by atoms with Gasteiger partial charge in [0, 0.05) is 32.0 Å². The highest BCUT2D eigenvalue weighted by Crippen LogP contribution is 2.46. The van der Waals surface area contributed by atoms with Gasteiger partial charge in [-0.2, -0.15) is 0 Å². The summed E-state index contributed by atoms with van der Waals surface area (Å²) in [6.45, 7) is 4.52. The Morgan fingerprint density at radius 3 is 2.81 bits per heavy atom. The fraction of sp³-hybridized carbons (Fsp3) is 0.611. The summed E-state index contributed by atoms with van der Waals surface area (Å²) in [6.07, 6.45) is 3.72. The third kappa shape index (κ3) is 2.65. The van der Waals surface area contributed by atoms with Crippen LogP contribution in [0, 0.1) is 5.92 Å². The fourth-order valence-corrected chi connectivity index (χ4v) is 4.16. The van der Waals surface area contributed by atoms with Gasteiger partial charge in [0.05, 0.1) is 11.5 Å². The van der Waals surface area contributed by atoms with Gasteiger partial charge in [-0.25, -0.2) is 0 Å². The Balaban J connectivity index is 1.98. The number of piperidine rings is 1. The maximum atomic E-state index is 12.5. The molecule has 1 aromatic rings. The molecular weight excluding hydrogens is 262 g/mol. The molecule has 0 bridgehead atoms. The molecule has 3 unspecified atom stereocenters. The summed E-state index contributed by atoms with van der Waals surface area (Å²) in [6, 6.07) is 10.6. The van der Waals surface area contributed by atoms with E-state index >= 15 is 0 Å². The summed E-state index contributed by atoms with van der Waals surface area (Å²) in [5.41, 5.74) is 0.988. The van der Waals surface area contributed by atoms with E-state index in [1.165, 1.54) is 5.56 Å². The minimum Gasteiger partial charge on any atom is -0.374 e. The quantitative estimate of drug-likeness (QED) is 0.929. The summed E-state index contributed by atoms with van der Waals surface area (Å²) < 4.78 is 6.33. The fourth-order valence-electron chi connectivity index (χ4n) is 4.16. The first kappa shape index (κ1) is 14.7. The van der Waals surface area contributed by atoms with E-state index in [0.29, 0.717) is 18.1 Å². The van der Waals surface area contributed by atoms with Crippen molar-refractivity contribution in [3.05, 3.63) is 35.9 Å². The predicted molar refractivity (Wildman–Crippen MR) is 83.4 cm³/mol. The molecule has 0 amide bonds. The molecule has 3 heteroatoms. The van der Waals surface area contributed by atoms with Crippen LogP contribution in [0.25, 0.3) is 0 Å². The van der Waals surface area contributed by atoms with Gasteiger partial charge in [0.25, 0.3) is 0 Å². The van der Waals surface area contributed by atoms with Crippen molar-refractivity contribution in [3.8, 4) is 0 Å². The van der Waals surface area contributed by atoms with Gasteiger partial charge in [-0.3, -0.25) is 4.79 Å². The monoisotopic (exact) mass is 287 g/mol. The van der Waals surface area contributed by atoms with Crippen LogP contribution in [0.4, 0.5) is 0 Å². The molecular formula is C18H25NO2. The average molecular weight is 287 g/mol. The highest BCUT2D eigenvalue weighted by atomic mass is 16.5. The minimum absolute atomic E-state index is 0.0123. The molecule has 2 aliphatic rings. The highest BCUT2D eigenvalue weighted by Gasteiger charge is 2.50. The first-order chi connectivity index (χ1) is 10.3. The van der Waals surface area contributed by atoms with E-state index in [0.717, 1.165) is 39.0 Å². The van der Waals surface area contributed by atoms with Crippen LogP contribution < -0.4 is 5.32 Å². The van der Waals surface area contributed by atoms with Gasteiger partial charge in [0.1, 0.15) is 5.78 Å². The molecule has 0 radical (unpaired) electrons. The molecule has 0 aromatic heterocycles. The lowest BCUT2D eigenvalue weighted by atomic mass is 9.66. The molecule has 21 heavy (non-hydrogen) atoms. The topological polar surface area (TPSA) is 38.3 Å². The van der Waals surface area contributed by atoms with Crippen molar-refractivity contribution >= 4 is 5.78 Å². The molecule has 3 nitrogen and oxygen atoms in total. The Hall–Kier alpha value is -1.19. The zero-order chi connectivity index (χ0) is 14.7. The molecule has 2 saturated heterocycles. The van der Waals surface area contributed by atoms with Crippen molar-refractivity contribution in [2.24, 2.45) is 5.92 Å². The summed E-state index contributed by atoms with van der Waals surface area (Å²) >= 11 is 0. The summed E-state index contributed by atoms with van der Waals surface area (Å²) in [5, 5.41) is 3.39.